The van der Waals surface area contributed by atoms with E-state index in [-0.39, 0.29) is 11.9 Å². The van der Waals surface area contributed by atoms with Crippen molar-refractivity contribution in [3.8, 4) is 5.75 Å². The first kappa shape index (κ1) is 14.5. The fraction of sp³-hybridized carbons (Fsp3) is 0.294. The van der Waals surface area contributed by atoms with Gasteiger partial charge < -0.3 is 10.1 Å². The van der Waals surface area contributed by atoms with Crippen LogP contribution in [0.5, 0.6) is 5.75 Å². The molecule has 20 heavy (non-hydrogen) atoms. The Balaban J connectivity index is 2.03. The molecule has 2 aromatic carbocycles. The summed E-state index contributed by atoms with van der Waals surface area (Å²) >= 11 is 0. The molecule has 0 bridgehead atoms. The van der Waals surface area contributed by atoms with E-state index < -0.39 is 0 Å². The summed E-state index contributed by atoms with van der Waals surface area (Å²) in [5.74, 6) is 0.319. The first-order chi connectivity index (χ1) is 9.60. The number of nitrogens with one attached hydrogen (secondary N) is 1. The Bertz CT molecular complexity index is 566. The summed E-state index contributed by atoms with van der Waals surface area (Å²) < 4.78 is 19.1. The van der Waals surface area contributed by atoms with Crippen LogP contribution in [0.15, 0.2) is 42.5 Å². The van der Waals surface area contributed by atoms with Crippen LogP contribution in [0.3, 0.4) is 0 Å². The van der Waals surface area contributed by atoms with Crippen molar-refractivity contribution in [1.82, 2.24) is 5.32 Å². The Hall–Kier alpha value is -1.87. The zero-order chi connectivity index (χ0) is 14.5. The van der Waals surface area contributed by atoms with Crippen molar-refractivity contribution in [2.24, 2.45) is 0 Å². The van der Waals surface area contributed by atoms with Gasteiger partial charge in [0, 0.05) is 6.07 Å². The van der Waals surface area contributed by atoms with E-state index in [0.29, 0.717) is 17.9 Å². The Morgan fingerprint density at radius 3 is 2.40 bits per heavy atom. The van der Waals surface area contributed by atoms with Gasteiger partial charge in [-0.2, -0.15) is 0 Å². The largest absolute Gasteiger partial charge is 0.492 e. The highest BCUT2D eigenvalue weighted by Gasteiger charge is 2.10. The highest BCUT2D eigenvalue weighted by atomic mass is 19.1. The summed E-state index contributed by atoms with van der Waals surface area (Å²) in [6, 6.07) is 13.3. The quantitative estimate of drug-likeness (QED) is 0.895. The molecule has 0 aromatic heterocycles. The number of benzene rings is 2. The van der Waals surface area contributed by atoms with Gasteiger partial charge in [-0.25, -0.2) is 4.39 Å². The third kappa shape index (κ3) is 3.58. The Morgan fingerprint density at radius 2 is 1.80 bits per heavy atom. The van der Waals surface area contributed by atoms with E-state index in [1.165, 1.54) is 11.6 Å². The van der Waals surface area contributed by atoms with E-state index in [1.807, 2.05) is 7.05 Å². The Labute approximate surface area is 119 Å². The number of rotatable bonds is 5. The van der Waals surface area contributed by atoms with E-state index in [9.17, 15) is 4.39 Å². The fourth-order valence-corrected chi connectivity index (χ4v) is 1.99. The molecule has 0 aliphatic rings. The van der Waals surface area contributed by atoms with Crippen LogP contribution in [0.2, 0.25) is 0 Å². The first-order valence-corrected chi connectivity index (χ1v) is 6.73. The zero-order valence-electron chi connectivity index (χ0n) is 12.1. The van der Waals surface area contributed by atoms with Crippen LogP contribution < -0.4 is 10.1 Å². The molecule has 3 heteroatoms. The van der Waals surface area contributed by atoms with Gasteiger partial charge in [-0.3, -0.25) is 0 Å². The number of halogens is 1. The van der Waals surface area contributed by atoms with Crippen molar-refractivity contribution in [3.63, 3.8) is 0 Å². The third-order valence-corrected chi connectivity index (χ3v) is 3.39. The molecular formula is C17H20FNO. The van der Waals surface area contributed by atoms with Crippen LogP contribution in [0.4, 0.5) is 4.39 Å². The van der Waals surface area contributed by atoms with E-state index in [2.05, 4.69) is 36.5 Å². The highest BCUT2D eigenvalue weighted by Crippen LogP contribution is 2.19. The highest BCUT2D eigenvalue weighted by molar-refractivity contribution is 5.29. The molecule has 1 unspecified atom stereocenters. The van der Waals surface area contributed by atoms with Crippen molar-refractivity contribution in [2.45, 2.75) is 19.9 Å². The fourth-order valence-electron chi connectivity index (χ4n) is 1.99. The average Bonchev–Trinajstić information content (AvgIpc) is 2.45. The van der Waals surface area contributed by atoms with Gasteiger partial charge in [0.2, 0.25) is 0 Å². The van der Waals surface area contributed by atoms with E-state index in [1.54, 1.807) is 19.1 Å². The normalized spacial score (nSPS) is 12.2. The Morgan fingerprint density at radius 1 is 1.10 bits per heavy atom. The number of aryl methyl sites for hydroxylation is 2. The predicted octanol–water partition coefficient (Wildman–Crippen LogP) is 3.78. The van der Waals surface area contributed by atoms with Crippen molar-refractivity contribution in [1.29, 1.82) is 0 Å². The average molecular weight is 273 g/mol. The lowest BCUT2D eigenvalue weighted by atomic mass is 10.1. The smallest absolute Gasteiger partial charge is 0.129 e. The molecular weight excluding hydrogens is 253 g/mol. The minimum Gasteiger partial charge on any atom is -0.492 e. The van der Waals surface area contributed by atoms with Crippen LogP contribution in [-0.2, 0) is 0 Å². The summed E-state index contributed by atoms with van der Waals surface area (Å²) in [7, 11) is 1.89. The van der Waals surface area contributed by atoms with Crippen molar-refractivity contribution < 1.29 is 9.13 Å². The number of hydrogen-bond donors (Lipinski definition) is 1. The maximum atomic E-state index is 13.5. The lowest BCUT2D eigenvalue weighted by molar-refractivity contribution is 0.272. The molecule has 1 atom stereocenters. The van der Waals surface area contributed by atoms with Gasteiger partial charge in [0.1, 0.15) is 18.2 Å². The van der Waals surface area contributed by atoms with E-state index >= 15 is 0 Å². The second kappa shape index (κ2) is 6.53. The number of likely N-dealkylation sites (N-methyl/N-ethyl adjacent to an activating group) is 1. The lowest BCUT2D eigenvalue weighted by Gasteiger charge is -2.18. The summed E-state index contributed by atoms with van der Waals surface area (Å²) in [4.78, 5) is 0. The molecule has 2 rings (SSSR count). The zero-order valence-corrected chi connectivity index (χ0v) is 12.1. The molecule has 0 saturated carbocycles. The minimum absolute atomic E-state index is 0.0833. The molecule has 2 aromatic rings. The van der Waals surface area contributed by atoms with Gasteiger partial charge in [-0.05, 0) is 38.1 Å². The monoisotopic (exact) mass is 273 g/mol. The van der Waals surface area contributed by atoms with Gasteiger partial charge in [-0.15, -0.1) is 0 Å². The third-order valence-electron chi connectivity index (χ3n) is 3.39. The second-order valence-corrected chi connectivity index (χ2v) is 4.97. The van der Waals surface area contributed by atoms with Crippen LogP contribution in [0, 0.1) is 19.7 Å². The Kier molecular flexibility index (Phi) is 4.74. The maximum Gasteiger partial charge on any atom is 0.129 e. The van der Waals surface area contributed by atoms with Crippen LogP contribution in [0.1, 0.15) is 22.7 Å². The van der Waals surface area contributed by atoms with Crippen molar-refractivity contribution >= 4 is 0 Å². The summed E-state index contributed by atoms with van der Waals surface area (Å²) in [5, 5.41) is 3.22. The van der Waals surface area contributed by atoms with Gasteiger partial charge in [0.25, 0.3) is 0 Å². The number of hydrogen-bond acceptors (Lipinski definition) is 2. The summed E-state index contributed by atoms with van der Waals surface area (Å²) in [6.45, 7) is 4.26. The van der Waals surface area contributed by atoms with Crippen LogP contribution in [-0.4, -0.2) is 13.7 Å². The summed E-state index contributed by atoms with van der Waals surface area (Å²) in [5.41, 5.74) is 3.01. The lowest BCUT2D eigenvalue weighted by Crippen LogP contribution is -2.23. The summed E-state index contributed by atoms with van der Waals surface area (Å²) in [6.07, 6.45) is 0. The van der Waals surface area contributed by atoms with Gasteiger partial charge in [0.05, 0.1) is 6.04 Å². The SMILES string of the molecule is CNC(COc1ccc(C)c(F)c1)c1ccc(C)cc1. The molecule has 0 fully saturated rings. The molecule has 1 N–H and O–H groups in total. The molecule has 0 heterocycles. The van der Waals surface area contributed by atoms with Crippen molar-refractivity contribution in [3.05, 3.63) is 65.0 Å². The molecule has 106 valence electrons. The van der Waals surface area contributed by atoms with Gasteiger partial charge in [-0.1, -0.05) is 35.9 Å². The molecule has 0 amide bonds. The predicted molar refractivity (Wildman–Crippen MR) is 79.6 cm³/mol. The molecule has 0 aliphatic heterocycles. The van der Waals surface area contributed by atoms with E-state index in [4.69, 9.17) is 4.74 Å². The van der Waals surface area contributed by atoms with Gasteiger partial charge >= 0.3 is 0 Å². The first-order valence-electron chi connectivity index (χ1n) is 6.73. The topological polar surface area (TPSA) is 21.3 Å². The van der Waals surface area contributed by atoms with Crippen molar-refractivity contribution in [2.75, 3.05) is 13.7 Å². The molecule has 0 spiro atoms. The van der Waals surface area contributed by atoms with Crippen LogP contribution >= 0.6 is 0 Å². The molecule has 0 saturated heterocycles. The number of ether oxygens (including phenoxy) is 1. The minimum atomic E-state index is -0.237. The molecule has 2 nitrogen and oxygen atoms in total. The second-order valence-electron chi connectivity index (χ2n) is 4.97. The van der Waals surface area contributed by atoms with Gasteiger partial charge in [0.15, 0.2) is 0 Å². The molecule has 0 radical (unpaired) electrons. The standard InChI is InChI=1S/C17H20FNO/c1-12-4-7-14(8-5-12)17(19-3)11-20-15-9-6-13(2)16(18)10-15/h4-10,17,19H,11H2,1-3H3. The maximum absolute atomic E-state index is 13.5. The van der Waals surface area contributed by atoms with E-state index in [0.717, 1.165) is 5.56 Å². The molecule has 0 aliphatic carbocycles. The van der Waals surface area contributed by atoms with Crippen LogP contribution in [0.25, 0.3) is 0 Å².